The topological polar surface area (TPSA) is 32.3 Å². The number of hydrogen-bond donors (Lipinski definition) is 2. The molecule has 0 saturated heterocycles. The maximum Gasteiger partial charge on any atom is 0.115 e. The minimum absolute atomic E-state index is 0.294. The van der Waals surface area contributed by atoms with Crippen molar-refractivity contribution in [1.82, 2.24) is 5.32 Å². The van der Waals surface area contributed by atoms with E-state index in [1.54, 1.807) is 6.07 Å². The molecule has 2 rings (SSSR count). The van der Waals surface area contributed by atoms with Gasteiger partial charge in [0.2, 0.25) is 0 Å². The lowest BCUT2D eigenvalue weighted by molar-refractivity contribution is 0.473. The highest BCUT2D eigenvalue weighted by Gasteiger charge is 2.11. The van der Waals surface area contributed by atoms with Crippen LogP contribution in [0.1, 0.15) is 30.5 Å². The summed E-state index contributed by atoms with van der Waals surface area (Å²) in [6.45, 7) is 3.17. The van der Waals surface area contributed by atoms with Gasteiger partial charge in [-0.1, -0.05) is 49.4 Å². The fraction of sp³-hybridized carbons (Fsp3) is 0.294. The van der Waals surface area contributed by atoms with Crippen LogP contribution in [0.15, 0.2) is 54.6 Å². The van der Waals surface area contributed by atoms with E-state index in [1.807, 2.05) is 18.2 Å². The Morgan fingerprint density at radius 3 is 2.53 bits per heavy atom. The van der Waals surface area contributed by atoms with E-state index in [2.05, 4.69) is 42.6 Å². The second-order valence-corrected chi connectivity index (χ2v) is 4.79. The maximum atomic E-state index is 9.55. The Labute approximate surface area is 115 Å². The lowest BCUT2D eigenvalue weighted by Crippen LogP contribution is -2.24. The van der Waals surface area contributed by atoms with Gasteiger partial charge in [-0.3, -0.25) is 0 Å². The quantitative estimate of drug-likeness (QED) is 0.825. The summed E-state index contributed by atoms with van der Waals surface area (Å²) in [5.74, 6) is 0.333. The summed E-state index contributed by atoms with van der Waals surface area (Å²) in [6.07, 6.45) is 2.00. The molecule has 0 aliphatic carbocycles. The van der Waals surface area contributed by atoms with E-state index in [-0.39, 0.29) is 0 Å². The van der Waals surface area contributed by atoms with Crippen molar-refractivity contribution in [3.8, 4) is 5.75 Å². The minimum Gasteiger partial charge on any atom is -0.508 e. The van der Waals surface area contributed by atoms with Gasteiger partial charge in [0.1, 0.15) is 5.75 Å². The average molecular weight is 255 g/mol. The fourth-order valence-corrected chi connectivity index (χ4v) is 2.23. The molecule has 0 aliphatic rings. The van der Waals surface area contributed by atoms with Crippen molar-refractivity contribution in [3.63, 3.8) is 0 Å². The molecule has 2 aromatic carbocycles. The highest BCUT2D eigenvalue weighted by molar-refractivity contribution is 5.29. The summed E-state index contributed by atoms with van der Waals surface area (Å²) >= 11 is 0. The predicted octanol–water partition coefficient (Wildman–Crippen LogP) is 3.68. The number of phenols is 1. The van der Waals surface area contributed by atoms with Crippen LogP contribution < -0.4 is 5.32 Å². The van der Waals surface area contributed by atoms with Crippen LogP contribution >= 0.6 is 0 Å². The molecule has 1 atom stereocenters. The van der Waals surface area contributed by atoms with E-state index in [1.165, 1.54) is 5.56 Å². The van der Waals surface area contributed by atoms with Crippen LogP contribution in [0.25, 0.3) is 0 Å². The van der Waals surface area contributed by atoms with E-state index >= 15 is 0 Å². The highest BCUT2D eigenvalue weighted by Crippen LogP contribution is 2.20. The molecule has 0 amide bonds. The van der Waals surface area contributed by atoms with E-state index in [4.69, 9.17) is 0 Å². The average Bonchev–Trinajstić information content (AvgIpc) is 2.44. The zero-order valence-corrected chi connectivity index (χ0v) is 11.3. The van der Waals surface area contributed by atoms with E-state index in [0.717, 1.165) is 24.9 Å². The fourth-order valence-electron chi connectivity index (χ4n) is 2.23. The Bertz CT molecular complexity index is 496. The van der Waals surface area contributed by atoms with Gasteiger partial charge >= 0.3 is 0 Å². The third kappa shape index (κ3) is 4.11. The second kappa shape index (κ2) is 6.95. The molecular weight excluding hydrogens is 234 g/mol. The number of hydrogen-bond acceptors (Lipinski definition) is 2. The van der Waals surface area contributed by atoms with E-state index < -0.39 is 0 Å². The minimum atomic E-state index is 0.294. The van der Waals surface area contributed by atoms with Crippen LogP contribution in [0.5, 0.6) is 5.75 Å². The standard InChI is InChI=1S/C17H21NO/c1-2-11-18-17(15-8-4-3-5-9-15)13-14-7-6-10-16(19)12-14/h3-10,12,17-19H,2,11,13H2,1H3. The Kier molecular flexibility index (Phi) is 4.99. The first-order valence-corrected chi connectivity index (χ1v) is 6.86. The van der Waals surface area contributed by atoms with Crippen LogP contribution in [-0.4, -0.2) is 11.7 Å². The van der Waals surface area contributed by atoms with Gasteiger partial charge in [-0.05, 0) is 42.6 Å². The van der Waals surface area contributed by atoms with Gasteiger partial charge < -0.3 is 10.4 Å². The van der Waals surface area contributed by atoms with Crippen LogP contribution in [0.3, 0.4) is 0 Å². The van der Waals surface area contributed by atoms with Crippen LogP contribution in [0.4, 0.5) is 0 Å². The van der Waals surface area contributed by atoms with Crippen molar-refractivity contribution < 1.29 is 5.11 Å². The van der Waals surface area contributed by atoms with E-state index in [9.17, 15) is 5.11 Å². The lowest BCUT2D eigenvalue weighted by atomic mass is 9.98. The van der Waals surface area contributed by atoms with Crippen molar-refractivity contribution in [3.05, 3.63) is 65.7 Å². The molecule has 2 heteroatoms. The van der Waals surface area contributed by atoms with Gasteiger partial charge in [0.25, 0.3) is 0 Å². The molecule has 100 valence electrons. The molecule has 0 aromatic heterocycles. The Morgan fingerprint density at radius 1 is 1.05 bits per heavy atom. The number of rotatable bonds is 6. The van der Waals surface area contributed by atoms with Gasteiger partial charge in [-0.15, -0.1) is 0 Å². The third-order valence-corrected chi connectivity index (χ3v) is 3.19. The third-order valence-electron chi connectivity index (χ3n) is 3.19. The number of phenolic OH excluding ortho intramolecular Hbond substituents is 1. The van der Waals surface area contributed by atoms with Crippen molar-refractivity contribution >= 4 is 0 Å². The van der Waals surface area contributed by atoms with Crippen LogP contribution in [0, 0.1) is 0 Å². The molecule has 1 unspecified atom stereocenters. The summed E-state index contributed by atoms with van der Waals surface area (Å²) in [5.41, 5.74) is 2.44. The smallest absolute Gasteiger partial charge is 0.115 e. The van der Waals surface area contributed by atoms with Gasteiger partial charge in [0.05, 0.1) is 0 Å². The summed E-state index contributed by atoms with van der Waals surface area (Å²) in [6, 6.07) is 18.3. The van der Waals surface area contributed by atoms with Crippen LogP contribution in [-0.2, 0) is 6.42 Å². The Balaban J connectivity index is 2.14. The maximum absolute atomic E-state index is 9.55. The summed E-state index contributed by atoms with van der Waals surface area (Å²) in [5, 5.41) is 13.1. The van der Waals surface area contributed by atoms with Gasteiger partial charge in [0, 0.05) is 6.04 Å². The molecule has 0 heterocycles. The van der Waals surface area contributed by atoms with Gasteiger partial charge in [-0.2, -0.15) is 0 Å². The zero-order chi connectivity index (χ0) is 13.5. The number of aromatic hydroxyl groups is 1. The highest BCUT2D eigenvalue weighted by atomic mass is 16.3. The second-order valence-electron chi connectivity index (χ2n) is 4.79. The molecule has 0 spiro atoms. The molecule has 0 radical (unpaired) electrons. The molecule has 0 bridgehead atoms. The molecule has 0 saturated carbocycles. The van der Waals surface area contributed by atoms with Crippen LogP contribution in [0.2, 0.25) is 0 Å². The molecule has 19 heavy (non-hydrogen) atoms. The van der Waals surface area contributed by atoms with Gasteiger partial charge in [-0.25, -0.2) is 0 Å². The van der Waals surface area contributed by atoms with Crippen molar-refractivity contribution in [1.29, 1.82) is 0 Å². The normalized spacial score (nSPS) is 12.3. The Hall–Kier alpha value is -1.80. The van der Waals surface area contributed by atoms with E-state index in [0.29, 0.717) is 11.8 Å². The lowest BCUT2D eigenvalue weighted by Gasteiger charge is -2.19. The van der Waals surface area contributed by atoms with Crippen molar-refractivity contribution in [2.24, 2.45) is 0 Å². The largest absolute Gasteiger partial charge is 0.508 e. The summed E-state index contributed by atoms with van der Waals surface area (Å²) in [7, 11) is 0. The van der Waals surface area contributed by atoms with Crippen molar-refractivity contribution in [2.45, 2.75) is 25.8 Å². The number of nitrogens with one attached hydrogen (secondary N) is 1. The molecule has 0 aliphatic heterocycles. The Morgan fingerprint density at radius 2 is 1.84 bits per heavy atom. The monoisotopic (exact) mass is 255 g/mol. The molecule has 0 fully saturated rings. The predicted molar refractivity (Wildman–Crippen MR) is 79.3 cm³/mol. The van der Waals surface area contributed by atoms with Gasteiger partial charge in [0.15, 0.2) is 0 Å². The molecule has 2 N–H and O–H groups in total. The number of benzene rings is 2. The molecule has 2 aromatic rings. The first kappa shape index (κ1) is 13.6. The molecular formula is C17H21NO. The summed E-state index contributed by atoms with van der Waals surface area (Å²) < 4.78 is 0. The SMILES string of the molecule is CCCNC(Cc1cccc(O)c1)c1ccccc1. The first-order chi connectivity index (χ1) is 9.29. The summed E-state index contributed by atoms with van der Waals surface area (Å²) in [4.78, 5) is 0. The zero-order valence-electron chi connectivity index (χ0n) is 11.3. The first-order valence-electron chi connectivity index (χ1n) is 6.86. The van der Waals surface area contributed by atoms with Crippen molar-refractivity contribution in [2.75, 3.05) is 6.54 Å². The molecule has 2 nitrogen and oxygen atoms in total.